The normalized spacial score (nSPS) is 10.6. The van der Waals surface area contributed by atoms with E-state index in [9.17, 15) is 9.18 Å². The van der Waals surface area contributed by atoms with E-state index in [0.29, 0.717) is 13.1 Å². The molecule has 1 aromatic carbocycles. The molecule has 3 nitrogen and oxygen atoms in total. The van der Waals surface area contributed by atoms with Gasteiger partial charge in [-0.3, -0.25) is 0 Å². The molecule has 6 heteroatoms. The number of carboxylic acids is 1. The maximum absolute atomic E-state index is 13.4. The number of nitrogens with one attached hydrogen (secondary N) is 1. The number of hydrogen-bond acceptors (Lipinski definition) is 3. The number of aromatic carboxylic acids is 1. The Balaban J connectivity index is 1.93. The first kappa shape index (κ1) is 14.2. The van der Waals surface area contributed by atoms with Crippen molar-refractivity contribution in [2.75, 3.05) is 0 Å². The molecule has 0 radical (unpaired) electrons. The largest absolute Gasteiger partial charge is 0.478 e. The summed E-state index contributed by atoms with van der Waals surface area (Å²) in [6, 6.07) is 6.17. The van der Waals surface area contributed by atoms with E-state index in [1.165, 1.54) is 17.0 Å². The SMILES string of the molecule is O=C(O)c1ccc(CNCc2cc(Br)cs2)cc1F. The zero-order chi connectivity index (χ0) is 13.8. The Kier molecular flexibility index (Phi) is 4.68. The maximum Gasteiger partial charge on any atom is 0.338 e. The molecule has 0 fully saturated rings. The fraction of sp³-hybridized carbons (Fsp3) is 0.154. The molecule has 2 aromatic rings. The van der Waals surface area contributed by atoms with Gasteiger partial charge in [0.05, 0.1) is 5.56 Å². The second kappa shape index (κ2) is 6.27. The van der Waals surface area contributed by atoms with Crippen molar-refractivity contribution in [1.82, 2.24) is 5.32 Å². The Bertz CT molecular complexity index is 600. The summed E-state index contributed by atoms with van der Waals surface area (Å²) in [7, 11) is 0. The van der Waals surface area contributed by atoms with E-state index < -0.39 is 11.8 Å². The zero-order valence-corrected chi connectivity index (χ0v) is 12.2. The van der Waals surface area contributed by atoms with Crippen molar-refractivity contribution >= 4 is 33.2 Å². The molecular formula is C13H11BrFNO2S. The first-order chi connectivity index (χ1) is 9.06. The highest BCUT2D eigenvalue weighted by Crippen LogP contribution is 2.19. The molecule has 0 saturated heterocycles. The Labute approximate surface area is 122 Å². The van der Waals surface area contributed by atoms with Crippen molar-refractivity contribution in [2.45, 2.75) is 13.1 Å². The summed E-state index contributed by atoms with van der Waals surface area (Å²) in [5.41, 5.74) is 0.420. The number of carbonyl (C=O) groups is 1. The molecule has 0 bridgehead atoms. The summed E-state index contributed by atoms with van der Waals surface area (Å²) < 4.78 is 14.5. The molecule has 0 aliphatic heterocycles. The Morgan fingerprint density at radius 1 is 1.37 bits per heavy atom. The Hall–Kier alpha value is -1.24. The summed E-state index contributed by atoms with van der Waals surface area (Å²) in [6.07, 6.45) is 0. The van der Waals surface area contributed by atoms with Gasteiger partial charge in [-0.15, -0.1) is 11.3 Å². The second-order valence-corrected chi connectivity index (χ2v) is 5.87. The number of thiophene rings is 1. The highest BCUT2D eigenvalue weighted by atomic mass is 79.9. The summed E-state index contributed by atoms with van der Waals surface area (Å²) in [5.74, 6) is -1.95. The third-order valence-corrected chi connectivity index (χ3v) is 4.21. The Morgan fingerprint density at radius 2 is 2.16 bits per heavy atom. The van der Waals surface area contributed by atoms with Crippen molar-refractivity contribution in [2.24, 2.45) is 0 Å². The van der Waals surface area contributed by atoms with E-state index in [0.717, 1.165) is 10.0 Å². The van der Waals surface area contributed by atoms with Crippen molar-refractivity contribution < 1.29 is 14.3 Å². The summed E-state index contributed by atoms with van der Waals surface area (Å²) in [5, 5.41) is 13.9. The molecule has 0 saturated carbocycles. The molecule has 0 spiro atoms. The van der Waals surface area contributed by atoms with Crippen LogP contribution < -0.4 is 5.32 Å². The van der Waals surface area contributed by atoms with Crippen LogP contribution in [0.1, 0.15) is 20.8 Å². The fourth-order valence-electron chi connectivity index (χ4n) is 1.62. The van der Waals surface area contributed by atoms with Crippen molar-refractivity contribution in [3.63, 3.8) is 0 Å². The van der Waals surface area contributed by atoms with E-state index in [-0.39, 0.29) is 5.56 Å². The molecule has 0 atom stereocenters. The van der Waals surface area contributed by atoms with Crippen LogP contribution in [-0.4, -0.2) is 11.1 Å². The lowest BCUT2D eigenvalue weighted by Gasteiger charge is -2.05. The lowest BCUT2D eigenvalue weighted by atomic mass is 10.1. The van der Waals surface area contributed by atoms with Crippen LogP contribution in [0.5, 0.6) is 0 Å². The second-order valence-electron chi connectivity index (χ2n) is 3.95. The molecule has 100 valence electrons. The molecule has 0 amide bonds. The summed E-state index contributed by atoms with van der Waals surface area (Å²) in [6.45, 7) is 1.19. The third-order valence-electron chi connectivity index (χ3n) is 2.51. The molecule has 1 aromatic heterocycles. The van der Waals surface area contributed by atoms with Gasteiger partial charge in [0.2, 0.25) is 0 Å². The highest BCUT2D eigenvalue weighted by molar-refractivity contribution is 9.10. The quantitative estimate of drug-likeness (QED) is 0.871. The van der Waals surface area contributed by atoms with Crippen LogP contribution in [0.4, 0.5) is 4.39 Å². The summed E-state index contributed by atoms with van der Waals surface area (Å²) in [4.78, 5) is 11.9. The van der Waals surface area contributed by atoms with E-state index in [1.54, 1.807) is 17.4 Å². The molecule has 0 aliphatic rings. The smallest absolute Gasteiger partial charge is 0.338 e. The zero-order valence-electron chi connectivity index (χ0n) is 9.82. The fourth-order valence-corrected chi connectivity index (χ4v) is 3.04. The predicted octanol–water partition coefficient (Wildman–Crippen LogP) is 3.64. The topological polar surface area (TPSA) is 49.3 Å². The molecule has 0 aliphatic carbocycles. The van der Waals surface area contributed by atoms with Gasteiger partial charge < -0.3 is 10.4 Å². The van der Waals surface area contributed by atoms with Crippen LogP contribution in [-0.2, 0) is 13.1 Å². The number of halogens is 2. The number of benzene rings is 1. The minimum absolute atomic E-state index is 0.300. The van der Waals surface area contributed by atoms with Gasteiger partial charge in [0.25, 0.3) is 0 Å². The predicted molar refractivity (Wildman–Crippen MR) is 75.9 cm³/mol. The van der Waals surface area contributed by atoms with Gasteiger partial charge in [-0.05, 0) is 39.7 Å². The van der Waals surface area contributed by atoms with Crippen LogP contribution in [0.15, 0.2) is 34.1 Å². The minimum atomic E-state index is -1.25. The van der Waals surface area contributed by atoms with Gasteiger partial charge in [-0.25, -0.2) is 9.18 Å². The van der Waals surface area contributed by atoms with Gasteiger partial charge in [0.1, 0.15) is 5.82 Å². The Morgan fingerprint density at radius 3 is 2.74 bits per heavy atom. The lowest BCUT2D eigenvalue weighted by molar-refractivity contribution is 0.0692. The lowest BCUT2D eigenvalue weighted by Crippen LogP contribution is -2.12. The molecule has 1 heterocycles. The van der Waals surface area contributed by atoms with Crippen LogP contribution in [0.3, 0.4) is 0 Å². The van der Waals surface area contributed by atoms with E-state index in [4.69, 9.17) is 5.11 Å². The van der Waals surface area contributed by atoms with Crippen LogP contribution in [0.25, 0.3) is 0 Å². The van der Waals surface area contributed by atoms with Crippen molar-refractivity contribution in [1.29, 1.82) is 0 Å². The van der Waals surface area contributed by atoms with Gasteiger partial charge >= 0.3 is 5.97 Å². The van der Waals surface area contributed by atoms with E-state index >= 15 is 0 Å². The number of hydrogen-bond donors (Lipinski definition) is 2. The standard InChI is InChI=1S/C13H11BrFNO2S/c14-9-4-10(19-7-9)6-16-5-8-1-2-11(13(17)18)12(15)3-8/h1-4,7,16H,5-6H2,(H,17,18). The molecular weight excluding hydrogens is 333 g/mol. The van der Waals surface area contributed by atoms with Gasteiger partial charge in [0, 0.05) is 27.8 Å². The average Bonchev–Trinajstić information content (AvgIpc) is 2.75. The number of carboxylic acid groups (broad SMARTS) is 1. The van der Waals surface area contributed by atoms with Gasteiger partial charge in [-0.2, -0.15) is 0 Å². The van der Waals surface area contributed by atoms with Gasteiger partial charge in [0.15, 0.2) is 0 Å². The van der Waals surface area contributed by atoms with Crippen LogP contribution in [0, 0.1) is 5.82 Å². The monoisotopic (exact) mass is 343 g/mol. The van der Waals surface area contributed by atoms with Crippen molar-refractivity contribution in [3.8, 4) is 0 Å². The third kappa shape index (κ3) is 3.86. The minimum Gasteiger partial charge on any atom is -0.478 e. The maximum atomic E-state index is 13.4. The molecule has 19 heavy (non-hydrogen) atoms. The highest BCUT2D eigenvalue weighted by Gasteiger charge is 2.10. The summed E-state index contributed by atoms with van der Waals surface area (Å²) >= 11 is 5.01. The van der Waals surface area contributed by atoms with Gasteiger partial charge in [-0.1, -0.05) is 6.07 Å². The molecule has 2 rings (SSSR count). The average molecular weight is 344 g/mol. The molecule has 0 unspecified atom stereocenters. The van der Waals surface area contributed by atoms with Crippen LogP contribution >= 0.6 is 27.3 Å². The molecule has 2 N–H and O–H groups in total. The number of rotatable bonds is 5. The van der Waals surface area contributed by atoms with E-state index in [2.05, 4.69) is 21.2 Å². The first-order valence-electron chi connectivity index (χ1n) is 5.51. The van der Waals surface area contributed by atoms with E-state index in [1.807, 2.05) is 11.4 Å². The van der Waals surface area contributed by atoms with Crippen molar-refractivity contribution in [3.05, 3.63) is 55.9 Å². The van der Waals surface area contributed by atoms with Crippen LogP contribution in [0.2, 0.25) is 0 Å². The first-order valence-corrected chi connectivity index (χ1v) is 7.19.